The Morgan fingerprint density at radius 1 is 1.08 bits per heavy atom. The Morgan fingerprint density at radius 3 is 2.36 bits per heavy atom. The Balaban J connectivity index is 1.63. The summed E-state index contributed by atoms with van der Waals surface area (Å²) in [7, 11) is -1.50. The summed E-state index contributed by atoms with van der Waals surface area (Å²) < 4.78 is 33.9. The number of amides is 1. The lowest BCUT2D eigenvalue weighted by atomic mass is 10.1. The second-order valence-electron chi connectivity index (χ2n) is 5.87. The quantitative estimate of drug-likeness (QED) is 0.885. The van der Waals surface area contributed by atoms with E-state index < -0.39 is 15.8 Å². The van der Waals surface area contributed by atoms with Crippen molar-refractivity contribution in [3.8, 4) is 17.2 Å². The molecule has 1 amide bonds. The molecule has 1 saturated heterocycles. The van der Waals surface area contributed by atoms with Gasteiger partial charge in [0, 0.05) is 5.69 Å². The number of carbonyl (C=O) groups is 1. The first-order valence-corrected chi connectivity index (χ1v) is 9.71. The fourth-order valence-corrected chi connectivity index (χ4v) is 4.42. The van der Waals surface area contributed by atoms with Gasteiger partial charge >= 0.3 is 0 Å². The topological polar surface area (TPSA) is 81.7 Å². The van der Waals surface area contributed by atoms with Crippen molar-refractivity contribution in [2.45, 2.75) is 6.42 Å². The predicted molar refractivity (Wildman–Crippen MR) is 94.9 cm³/mol. The van der Waals surface area contributed by atoms with Gasteiger partial charge in [0.2, 0.25) is 5.91 Å². The molecule has 0 saturated carbocycles. The highest BCUT2D eigenvalue weighted by atomic mass is 32.2. The zero-order valence-electron chi connectivity index (χ0n) is 13.8. The summed E-state index contributed by atoms with van der Waals surface area (Å²) in [5.41, 5.74) is 0.599. The summed E-state index contributed by atoms with van der Waals surface area (Å²) in [6, 6.07) is 14.2. The van der Waals surface area contributed by atoms with Crippen LogP contribution >= 0.6 is 0 Å². The largest absolute Gasteiger partial charge is 0.493 e. The number of carbonyl (C=O) groups excluding carboxylic acids is 1. The zero-order chi connectivity index (χ0) is 17.9. The van der Waals surface area contributed by atoms with E-state index in [1.54, 1.807) is 43.5 Å². The van der Waals surface area contributed by atoms with Crippen LogP contribution in [-0.4, -0.2) is 32.9 Å². The van der Waals surface area contributed by atoms with Crippen molar-refractivity contribution in [2.75, 3.05) is 23.9 Å². The Bertz CT molecular complexity index is 861. The van der Waals surface area contributed by atoms with Gasteiger partial charge in [0.05, 0.1) is 24.5 Å². The minimum Gasteiger partial charge on any atom is -0.493 e. The van der Waals surface area contributed by atoms with E-state index in [9.17, 15) is 13.2 Å². The molecule has 6 nitrogen and oxygen atoms in total. The van der Waals surface area contributed by atoms with Crippen molar-refractivity contribution in [3.63, 3.8) is 0 Å². The van der Waals surface area contributed by atoms with Crippen molar-refractivity contribution in [3.05, 3.63) is 48.5 Å². The third-order valence-electron chi connectivity index (χ3n) is 4.02. The molecule has 1 aliphatic rings. The normalized spacial score (nSPS) is 18.5. The van der Waals surface area contributed by atoms with Gasteiger partial charge in [-0.2, -0.15) is 0 Å². The molecule has 0 spiro atoms. The van der Waals surface area contributed by atoms with Crippen LogP contribution < -0.4 is 14.8 Å². The molecular weight excluding hydrogens is 342 g/mol. The molecule has 1 aliphatic heterocycles. The summed E-state index contributed by atoms with van der Waals surface area (Å²) in [4.78, 5) is 12.1. The Labute approximate surface area is 146 Å². The molecule has 25 heavy (non-hydrogen) atoms. The van der Waals surface area contributed by atoms with Crippen LogP contribution in [0.25, 0.3) is 0 Å². The van der Waals surface area contributed by atoms with Gasteiger partial charge in [0.25, 0.3) is 0 Å². The van der Waals surface area contributed by atoms with Crippen LogP contribution in [0.4, 0.5) is 5.69 Å². The number of hydrogen-bond donors (Lipinski definition) is 1. The molecular formula is C18H19NO5S. The highest BCUT2D eigenvalue weighted by Crippen LogP contribution is 2.31. The molecule has 1 atom stereocenters. The number of hydrogen-bond acceptors (Lipinski definition) is 5. The van der Waals surface area contributed by atoms with E-state index in [1.165, 1.54) is 0 Å². The molecule has 132 valence electrons. The van der Waals surface area contributed by atoms with Gasteiger partial charge in [-0.05, 0) is 42.8 Å². The Kier molecular flexibility index (Phi) is 4.94. The van der Waals surface area contributed by atoms with Crippen LogP contribution in [0.1, 0.15) is 6.42 Å². The van der Waals surface area contributed by atoms with Crippen molar-refractivity contribution < 1.29 is 22.7 Å². The predicted octanol–water partition coefficient (Wildman–Crippen LogP) is 2.86. The van der Waals surface area contributed by atoms with Gasteiger partial charge in [-0.1, -0.05) is 12.1 Å². The SMILES string of the molecule is COc1ccccc1Oc1ccc(NC(=O)[C@@H]2CCS(=O)(=O)C2)cc1. The number of nitrogens with one attached hydrogen (secondary N) is 1. The van der Waals surface area contributed by atoms with Gasteiger partial charge in [0.15, 0.2) is 21.3 Å². The monoisotopic (exact) mass is 361 g/mol. The minimum atomic E-state index is -3.07. The fraction of sp³-hybridized carbons (Fsp3) is 0.278. The maximum atomic E-state index is 12.1. The summed E-state index contributed by atoms with van der Waals surface area (Å²) in [5, 5.41) is 2.75. The lowest BCUT2D eigenvalue weighted by molar-refractivity contribution is -0.119. The molecule has 0 unspecified atom stereocenters. The molecule has 2 aromatic rings. The average Bonchev–Trinajstić information content (AvgIpc) is 2.97. The summed E-state index contributed by atoms with van der Waals surface area (Å²) in [6.45, 7) is 0. The third-order valence-corrected chi connectivity index (χ3v) is 5.79. The number of anilines is 1. The van der Waals surface area contributed by atoms with Crippen molar-refractivity contribution in [2.24, 2.45) is 5.92 Å². The van der Waals surface area contributed by atoms with Crippen molar-refractivity contribution >= 4 is 21.4 Å². The van der Waals surface area contributed by atoms with Crippen LogP contribution in [-0.2, 0) is 14.6 Å². The molecule has 1 heterocycles. The average molecular weight is 361 g/mol. The molecule has 3 rings (SSSR count). The highest BCUT2D eigenvalue weighted by Gasteiger charge is 2.32. The van der Waals surface area contributed by atoms with E-state index in [1.807, 2.05) is 12.1 Å². The Morgan fingerprint density at radius 2 is 1.76 bits per heavy atom. The first-order valence-electron chi connectivity index (χ1n) is 7.89. The number of methoxy groups -OCH3 is 1. The molecule has 1 N–H and O–H groups in total. The van der Waals surface area contributed by atoms with Crippen LogP contribution in [0.15, 0.2) is 48.5 Å². The molecule has 0 aliphatic carbocycles. The summed E-state index contributed by atoms with van der Waals surface area (Å²) in [6.07, 6.45) is 0.378. The van der Waals surface area contributed by atoms with Gasteiger partial charge in [-0.15, -0.1) is 0 Å². The molecule has 7 heteroatoms. The number of ether oxygens (including phenoxy) is 2. The zero-order valence-corrected chi connectivity index (χ0v) is 14.6. The van der Waals surface area contributed by atoms with Crippen molar-refractivity contribution in [1.82, 2.24) is 0 Å². The molecule has 0 bridgehead atoms. The van der Waals surface area contributed by atoms with Gasteiger partial charge in [-0.25, -0.2) is 8.42 Å². The van der Waals surface area contributed by atoms with Crippen LogP contribution in [0.5, 0.6) is 17.2 Å². The van der Waals surface area contributed by atoms with Gasteiger partial charge in [-0.3, -0.25) is 4.79 Å². The summed E-state index contributed by atoms with van der Waals surface area (Å²) in [5.74, 6) is 1.09. The molecule has 1 fully saturated rings. The van der Waals surface area contributed by atoms with E-state index in [-0.39, 0.29) is 17.4 Å². The van der Waals surface area contributed by atoms with Crippen LogP contribution in [0, 0.1) is 5.92 Å². The van der Waals surface area contributed by atoms with Crippen molar-refractivity contribution in [1.29, 1.82) is 0 Å². The lowest BCUT2D eigenvalue weighted by Gasteiger charge is -2.12. The Hall–Kier alpha value is -2.54. The van der Waals surface area contributed by atoms with E-state index in [0.29, 0.717) is 29.4 Å². The number of para-hydroxylation sites is 2. The fourth-order valence-electron chi connectivity index (χ4n) is 2.68. The molecule has 2 aromatic carbocycles. The van der Waals surface area contributed by atoms with E-state index >= 15 is 0 Å². The smallest absolute Gasteiger partial charge is 0.228 e. The van der Waals surface area contributed by atoms with E-state index in [0.717, 1.165) is 0 Å². The van der Waals surface area contributed by atoms with Gasteiger partial charge < -0.3 is 14.8 Å². The van der Waals surface area contributed by atoms with E-state index in [2.05, 4.69) is 5.32 Å². The second-order valence-corrected chi connectivity index (χ2v) is 8.10. The molecule has 0 radical (unpaired) electrons. The maximum absolute atomic E-state index is 12.1. The standard InChI is InChI=1S/C18H19NO5S/c1-23-16-4-2-3-5-17(16)24-15-8-6-14(7-9-15)19-18(20)13-10-11-25(21,22)12-13/h2-9,13H,10-12H2,1H3,(H,19,20)/t13-/m1/s1. The van der Waals surface area contributed by atoms with E-state index in [4.69, 9.17) is 9.47 Å². The number of benzene rings is 2. The van der Waals surface area contributed by atoms with Crippen LogP contribution in [0.2, 0.25) is 0 Å². The van der Waals surface area contributed by atoms with Crippen LogP contribution in [0.3, 0.4) is 0 Å². The maximum Gasteiger partial charge on any atom is 0.228 e. The summed E-state index contributed by atoms with van der Waals surface area (Å²) >= 11 is 0. The molecule has 0 aromatic heterocycles. The number of rotatable bonds is 5. The highest BCUT2D eigenvalue weighted by molar-refractivity contribution is 7.91. The first-order chi connectivity index (χ1) is 12.0. The first kappa shape index (κ1) is 17.3. The van der Waals surface area contributed by atoms with Gasteiger partial charge in [0.1, 0.15) is 5.75 Å². The third kappa shape index (κ3) is 4.30. The lowest BCUT2D eigenvalue weighted by Crippen LogP contribution is -2.23. The number of sulfone groups is 1. The minimum absolute atomic E-state index is 0.0756. The second kappa shape index (κ2) is 7.14.